The molecule has 1 heterocycles. The maximum absolute atomic E-state index is 11.0. The van der Waals surface area contributed by atoms with Gasteiger partial charge in [0.25, 0.3) is 5.69 Å². The van der Waals surface area contributed by atoms with Crippen LogP contribution in [0.4, 0.5) is 11.4 Å². The van der Waals surface area contributed by atoms with E-state index in [1.807, 2.05) is 0 Å². The molecule has 0 radical (unpaired) electrons. The Morgan fingerprint density at radius 1 is 1.41 bits per heavy atom. The van der Waals surface area contributed by atoms with Crippen molar-refractivity contribution in [3.63, 3.8) is 0 Å². The molecule has 120 valence electrons. The number of nitrogens with one attached hydrogen (secondary N) is 2. The number of hydrogen-bond donors (Lipinski definition) is 3. The van der Waals surface area contributed by atoms with Crippen LogP contribution in [0.5, 0.6) is 0 Å². The summed E-state index contributed by atoms with van der Waals surface area (Å²) < 4.78 is 0. The quantitative estimate of drug-likeness (QED) is 0.503. The molecule has 2 rings (SSSR count). The summed E-state index contributed by atoms with van der Waals surface area (Å²) in [6.45, 7) is 1.46. The summed E-state index contributed by atoms with van der Waals surface area (Å²) in [5, 5.41) is 26.4. The van der Waals surface area contributed by atoms with Gasteiger partial charge in [-0.3, -0.25) is 14.9 Å². The van der Waals surface area contributed by atoms with Gasteiger partial charge >= 0.3 is 5.97 Å². The predicted octanol–water partition coefficient (Wildman–Crippen LogP) is 2.38. The number of benzene rings is 1. The van der Waals surface area contributed by atoms with Crippen LogP contribution in [0.1, 0.15) is 32.1 Å². The van der Waals surface area contributed by atoms with E-state index in [0.717, 1.165) is 25.8 Å². The summed E-state index contributed by atoms with van der Waals surface area (Å²) in [5.41, 5.74) is 0.384. The summed E-state index contributed by atoms with van der Waals surface area (Å²) >= 11 is 0. The van der Waals surface area contributed by atoms with Gasteiger partial charge in [0.2, 0.25) is 0 Å². The van der Waals surface area contributed by atoms with Crippen LogP contribution in [-0.4, -0.2) is 34.6 Å². The number of anilines is 1. The molecule has 1 aromatic carbocycles. The molecule has 1 saturated heterocycles. The molecule has 0 amide bonds. The summed E-state index contributed by atoms with van der Waals surface area (Å²) in [6, 6.07) is 6.54. The second-order valence-electron chi connectivity index (χ2n) is 5.66. The van der Waals surface area contributed by atoms with Crippen LogP contribution >= 0.6 is 0 Å². The fraction of sp³-hybridized carbons (Fsp3) is 0.533. The molecule has 1 aromatic rings. The van der Waals surface area contributed by atoms with Gasteiger partial charge in [-0.1, -0.05) is 12.1 Å². The molecule has 22 heavy (non-hydrogen) atoms. The number of para-hydroxylation sites is 2. The van der Waals surface area contributed by atoms with Crippen LogP contribution in [0, 0.1) is 10.1 Å². The number of carboxylic acid groups (broad SMARTS) is 1. The molecule has 1 aliphatic rings. The number of rotatable bonds is 8. The van der Waals surface area contributed by atoms with Crippen molar-refractivity contribution in [2.45, 2.75) is 37.6 Å². The van der Waals surface area contributed by atoms with Crippen molar-refractivity contribution in [3.05, 3.63) is 34.4 Å². The van der Waals surface area contributed by atoms with E-state index >= 15 is 0 Å². The molecule has 1 atom stereocenters. The molecule has 0 aromatic heterocycles. The Hall–Kier alpha value is -2.15. The smallest absolute Gasteiger partial charge is 0.303 e. The van der Waals surface area contributed by atoms with E-state index in [1.165, 1.54) is 6.07 Å². The lowest BCUT2D eigenvalue weighted by Gasteiger charge is -2.29. The molecule has 7 nitrogen and oxygen atoms in total. The van der Waals surface area contributed by atoms with Gasteiger partial charge in [0.05, 0.1) is 4.92 Å². The standard InChI is InChI=1S/C15H21N3O4/c19-14(20)6-8-15(7-3-10-17-15)9-11-16-12-4-1-2-5-13(12)18(21)22/h1-2,4-5,16-17H,3,6-11H2,(H,19,20). The normalized spacial score (nSPS) is 20.7. The first kappa shape index (κ1) is 16.2. The number of carbonyl (C=O) groups is 1. The zero-order valence-electron chi connectivity index (χ0n) is 12.4. The first-order valence-corrected chi connectivity index (χ1v) is 7.47. The molecule has 1 aliphatic heterocycles. The molecule has 3 N–H and O–H groups in total. The second-order valence-corrected chi connectivity index (χ2v) is 5.66. The Kier molecular flexibility index (Phi) is 5.32. The van der Waals surface area contributed by atoms with E-state index in [9.17, 15) is 14.9 Å². The topological polar surface area (TPSA) is 104 Å². The average Bonchev–Trinajstić information content (AvgIpc) is 2.95. The van der Waals surface area contributed by atoms with Crippen molar-refractivity contribution in [2.24, 2.45) is 0 Å². The van der Waals surface area contributed by atoms with Gasteiger partial charge < -0.3 is 15.7 Å². The highest BCUT2D eigenvalue weighted by molar-refractivity contribution is 5.66. The van der Waals surface area contributed by atoms with Crippen LogP contribution < -0.4 is 10.6 Å². The Balaban J connectivity index is 1.93. The number of nitro benzene ring substituents is 1. The lowest BCUT2D eigenvalue weighted by atomic mass is 9.88. The fourth-order valence-corrected chi connectivity index (χ4v) is 2.99. The molecular weight excluding hydrogens is 286 g/mol. The number of nitro groups is 1. The number of carboxylic acids is 1. The van der Waals surface area contributed by atoms with Gasteiger partial charge in [0, 0.05) is 24.6 Å². The SMILES string of the molecule is O=C(O)CCC1(CCNc2ccccc2[N+](=O)[O-])CCCN1. The third-order valence-corrected chi connectivity index (χ3v) is 4.17. The van der Waals surface area contributed by atoms with Crippen molar-refractivity contribution >= 4 is 17.3 Å². The molecule has 0 saturated carbocycles. The van der Waals surface area contributed by atoms with E-state index in [-0.39, 0.29) is 17.6 Å². The molecule has 1 fully saturated rings. The maximum atomic E-state index is 11.0. The van der Waals surface area contributed by atoms with Gasteiger partial charge in [-0.05, 0) is 38.3 Å². The third-order valence-electron chi connectivity index (χ3n) is 4.17. The first-order valence-electron chi connectivity index (χ1n) is 7.47. The zero-order valence-corrected chi connectivity index (χ0v) is 12.4. The van der Waals surface area contributed by atoms with E-state index in [0.29, 0.717) is 18.7 Å². The van der Waals surface area contributed by atoms with Gasteiger partial charge in [0.15, 0.2) is 0 Å². The Morgan fingerprint density at radius 3 is 2.82 bits per heavy atom. The number of nitrogens with zero attached hydrogens (tertiary/aromatic N) is 1. The third kappa shape index (κ3) is 4.17. The highest BCUT2D eigenvalue weighted by atomic mass is 16.6. The summed E-state index contributed by atoms with van der Waals surface area (Å²) in [5.74, 6) is -0.792. The minimum Gasteiger partial charge on any atom is -0.481 e. The maximum Gasteiger partial charge on any atom is 0.303 e. The van der Waals surface area contributed by atoms with Gasteiger partial charge in [-0.15, -0.1) is 0 Å². The van der Waals surface area contributed by atoms with E-state index in [2.05, 4.69) is 10.6 Å². The average molecular weight is 307 g/mol. The van der Waals surface area contributed by atoms with E-state index < -0.39 is 10.9 Å². The molecule has 0 aliphatic carbocycles. The van der Waals surface area contributed by atoms with Crippen LogP contribution in [0.2, 0.25) is 0 Å². The lowest BCUT2D eigenvalue weighted by molar-refractivity contribution is -0.384. The molecule has 0 spiro atoms. The molecular formula is C15H21N3O4. The molecule has 1 unspecified atom stereocenters. The van der Waals surface area contributed by atoms with Crippen molar-refractivity contribution in [3.8, 4) is 0 Å². The van der Waals surface area contributed by atoms with Gasteiger partial charge in [0.1, 0.15) is 5.69 Å². The van der Waals surface area contributed by atoms with E-state index in [1.54, 1.807) is 18.2 Å². The molecule has 0 bridgehead atoms. The van der Waals surface area contributed by atoms with Crippen molar-refractivity contribution in [2.75, 3.05) is 18.4 Å². The highest BCUT2D eigenvalue weighted by Gasteiger charge is 2.33. The lowest BCUT2D eigenvalue weighted by Crippen LogP contribution is -2.41. The van der Waals surface area contributed by atoms with Crippen molar-refractivity contribution < 1.29 is 14.8 Å². The Bertz CT molecular complexity index is 541. The largest absolute Gasteiger partial charge is 0.481 e. The van der Waals surface area contributed by atoms with Gasteiger partial charge in [-0.2, -0.15) is 0 Å². The summed E-state index contributed by atoms with van der Waals surface area (Å²) in [6.07, 6.45) is 3.44. The van der Waals surface area contributed by atoms with Crippen molar-refractivity contribution in [1.82, 2.24) is 5.32 Å². The minimum absolute atomic E-state index is 0.0569. The van der Waals surface area contributed by atoms with Gasteiger partial charge in [-0.25, -0.2) is 0 Å². The summed E-state index contributed by atoms with van der Waals surface area (Å²) in [7, 11) is 0. The zero-order chi connectivity index (χ0) is 16.0. The van der Waals surface area contributed by atoms with E-state index in [4.69, 9.17) is 5.11 Å². The van der Waals surface area contributed by atoms with Crippen molar-refractivity contribution in [1.29, 1.82) is 0 Å². The minimum atomic E-state index is -0.792. The first-order chi connectivity index (χ1) is 10.5. The predicted molar refractivity (Wildman–Crippen MR) is 83.0 cm³/mol. The second kappa shape index (κ2) is 7.22. The molecule has 7 heteroatoms. The van der Waals surface area contributed by atoms with Crippen LogP contribution in [0.15, 0.2) is 24.3 Å². The Morgan fingerprint density at radius 2 is 2.18 bits per heavy atom. The number of aliphatic carboxylic acids is 1. The summed E-state index contributed by atoms with van der Waals surface area (Å²) in [4.78, 5) is 21.4. The monoisotopic (exact) mass is 307 g/mol. The Labute approximate surface area is 128 Å². The van der Waals surface area contributed by atoms with Crippen LogP contribution in [0.3, 0.4) is 0 Å². The van der Waals surface area contributed by atoms with Crippen LogP contribution in [0.25, 0.3) is 0 Å². The number of hydrogen-bond acceptors (Lipinski definition) is 5. The fourth-order valence-electron chi connectivity index (χ4n) is 2.99. The highest BCUT2D eigenvalue weighted by Crippen LogP contribution is 2.29. The van der Waals surface area contributed by atoms with Crippen LogP contribution in [-0.2, 0) is 4.79 Å².